The second-order valence-electron chi connectivity index (χ2n) is 8.70. The number of ether oxygens (including phenoxy) is 1. The summed E-state index contributed by atoms with van der Waals surface area (Å²) in [4.78, 5) is 13.2. The number of hydrogen-bond acceptors (Lipinski definition) is 4. The van der Waals surface area contributed by atoms with Crippen LogP contribution in [0.15, 0.2) is 41.4 Å². The fourth-order valence-corrected chi connectivity index (χ4v) is 5.26. The number of nitrogens with zero attached hydrogens (tertiary/aromatic N) is 2. The van der Waals surface area contributed by atoms with Crippen molar-refractivity contribution in [2.24, 2.45) is 13.0 Å². The van der Waals surface area contributed by atoms with Crippen LogP contribution in [0.3, 0.4) is 0 Å². The summed E-state index contributed by atoms with van der Waals surface area (Å²) in [6.45, 7) is 9.81. The minimum absolute atomic E-state index is 0.129. The molecule has 8 heteroatoms. The Kier molecular flexibility index (Phi) is 7.24. The number of amides is 1. The number of hydrogen-bond donors (Lipinski definition) is 1. The lowest BCUT2D eigenvalue weighted by molar-refractivity contribution is 0.0730. The lowest BCUT2D eigenvalue weighted by atomic mass is 9.93. The number of nitrogens with one attached hydrogen (secondary N) is 1. The Bertz CT molecular complexity index is 1000. The fourth-order valence-electron chi connectivity index (χ4n) is 3.78. The predicted molar refractivity (Wildman–Crippen MR) is 121 cm³/mol. The van der Waals surface area contributed by atoms with Crippen molar-refractivity contribution in [3.05, 3.63) is 53.3 Å². The van der Waals surface area contributed by atoms with Gasteiger partial charge in [0, 0.05) is 26.3 Å². The lowest BCUT2D eigenvalue weighted by Gasteiger charge is -2.25. The highest BCUT2D eigenvalue weighted by molar-refractivity contribution is 7.89. The Morgan fingerprint density at radius 2 is 1.61 bits per heavy atom. The standard InChI is InChI=1S/C23H33N3O4S/c1-16(2)18-6-8-19(9-7-18)22(17(3)4)24-23(27)21-14-20(15-25(21)5)31(28,29)26-10-12-30-13-11-26/h6-9,14-17,22H,10-13H2,1-5H3,(H,24,27)/t22-/m1/s1. The van der Waals surface area contributed by atoms with Crippen LogP contribution in [-0.4, -0.2) is 49.5 Å². The van der Waals surface area contributed by atoms with Crippen LogP contribution in [0.1, 0.15) is 61.3 Å². The molecule has 1 fully saturated rings. The Hall–Kier alpha value is -2.16. The van der Waals surface area contributed by atoms with Gasteiger partial charge in [-0.25, -0.2) is 8.42 Å². The van der Waals surface area contributed by atoms with E-state index in [1.807, 2.05) is 0 Å². The largest absolute Gasteiger partial charge is 0.379 e. The molecule has 3 rings (SSSR count). The van der Waals surface area contributed by atoms with E-state index >= 15 is 0 Å². The summed E-state index contributed by atoms with van der Waals surface area (Å²) >= 11 is 0. The first-order valence-corrected chi connectivity index (χ1v) is 12.2. The van der Waals surface area contributed by atoms with Crippen LogP contribution >= 0.6 is 0 Å². The molecule has 1 amide bonds. The Labute approximate surface area is 185 Å². The van der Waals surface area contributed by atoms with Gasteiger partial charge in [-0.3, -0.25) is 4.79 Å². The second kappa shape index (κ2) is 9.54. The summed E-state index contributed by atoms with van der Waals surface area (Å²) in [7, 11) is -1.97. The van der Waals surface area contributed by atoms with Crippen molar-refractivity contribution in [2.45, 2.75) is 44.6 Å². The Morgan fingerprint density at radius 3 is 2.16 bits per heavy atom. The van der Waals surface area contributed by atoms with Gasteiger partial charge in [0.25, 0.3) is 5.91 Å². The van der Waals surface area contributed by atoms with Gasteiger partial charge in [-0.05, 0) is 29.0 Å². The van der Waals surface area contributed by atoms with E-state index in [0.717, 1.165) is 5.56 Å². The minimum atomic E-state index is -3.65. The molecular weight excluding hydrogens is 414 g/mol. The minimum Gasteiger partial charge on any atom is -0.379 e. The SMILES string of the molecule is CC(C)c1ccc([C@H](NC(=O)c2cc(S(=O)(=O)N3CCOCC3)cn2C)C(C)C)cc1. The molecule has 1 aromatic heterocycles. The number of carbonyl (C=O) groups excluding carboxylic acids is 1. The van der Waals surface area contributed by atoms with Crippen LogP contribution in [0, 0.1) is 5.92 Å². The molecule has 31 heavy (non-hydrogen) atoms. The molecule has 170 valence electrons. The van der Waals surface area contributed by atoms with Crippen molar-refractivity contribution >= 4 is 15.9 Å². The average Bonchev–Trinajstić information content (AvgIpc) is 3.15. The third-order valence-corrected chi connectivity index (χ3v) is 7.60. The maximum absolute atomic E-state index is 13.1. The molecule has 0 radical (unpaired) electrons. The molecule has 0 aliphatic carbocycles. The molecule has 1 aromatic carbocycles. The van der Waals surface area contributed by atoms with Gasteiger partial charge in [0.05, 0.1) is 19.3 Å². The van der Waals surface area contributed by atoms with Crippen molar-refractivity contribution in [3.63, 3.8) is 0 Å². The first-order chi connectivity index (χ1) is 14.6. The number of aryl methyl sites for hydroxylation is 1. The monoisotopic (exact) mass is 447 g/mol. The number of rotatable bonds is 7. The Balaban J connectivity index is 1.81. The van der Waals surface area contributed by atoms with E-state index in [0.29, 0.717) is 37.9 Å². The number of benzene rings is 1. The zero-order valence-corrected chi connectivity index (χ0v) is 19.8. The summed E-state index contributed by atoms with van der Waals surface area (Å²) in [5.41, 5.74) is 2.59. The van der Waals surface area contributed by atoms with Gasteiger partial charge in [0.15, 0.2) is 0 Å². The van der Waals surface area contributed by atoms with Crippen LogP contribution in [-0.2, 0) is 21.8 Å². The smallest absolute Gasteiger partial charge is 0.268 e. The fraction of sp³-hybridized carbons (Fsp3) is 0.522. The maximum atomic E-state index is 13.1. The van der Waals surface area contributed by atoms with Crippen LogP contribution in [0.5, 0.6) is 0 Å². The molecule has 7 nitrogen and oxygen atoms in total. The molecule has 0 saturated carbocycles. The highest BCUT2D eigenvalue weighted by Crippen LogP contribution is 2.25. The molecule has 1 aliphatic rings. The maximum Gasteiger partial charge on any atom is 0.268 e. The molecule has 0 unspecified atom stereocenters. The van der Waals surface area contributed by atoms with Crippen molar-refractivity contribution in [1.29, 1.82) is 0 Å². The second-order valence-corrected chi connectivity index (χ2v) is 10.6. The van der Waals surface area contributed by atoms with Gasteiger partial charge in [-0.2, -0.15) is 4.31 Å². The van der Waals surface area contributed by atoms with Crippen LogP contribution in [0.4, 0.5) is 0 Å². The van der Waals surface area contributed by atoms with E-state index in [1.54, 1.807) is 11.6 Å². The van der Waals surface area contributed by atoms with Crippen molar-refractivity contribution in [2.75, 3.05) is 26.3 Å². The van der Waals surface area contributed by atoms with Gasteiger partial charge in [0.2, 0.25) is 10.0 Å². The molecule has 1 atom stereocenters. The van der Waals surface area contributed by atoms with Crippen LogP contribution < -0.4 is 5.32 Å². The number of morpholine rings is 1. The summed E-state index contributed by atoms with van der Waals surface area (Å²) in [5, 5.41) is 3.09. The third-order valence-electron chi connectivity index (χ3n) is 5.74. The molecule has 1 saturated heterocycles. The molecular formula is C23H33N3O4S. The lowest BCUT2D eigenvalue weighted by Crippen LogP contribution is -2.40. The van der Waals surface area contributed by atoms with Gasteiger partial charge >= 0.3 is 0 Å². The number of carbonyl (C=O) groups is 1. The number of sulfonamides is 1. The average molecular weight is 448 g/mol. The van der Waals surface area contributed by atoms with E-state index in [1.165, 1.54) is 22.1 Å². The zero-order valence-electron chi connectivity index (χ0n) is 19.0. The molecule has 0 bridgehead atoms. The van der Waals surface area contributed by atoms with Gasteiger partial charge < -0.3 is 14.6 Å². The van der Waals surface area contributed by atoms with E-state index < -0.39 is 10.0 Å². The van der Waals surface area contributed by atoms with Crippen LogP contribution in [0.25, 0.3) is 0 Å². The highest BCUT2D eigenvalue weighted by atomic mass is 32.2. The molecule has 2 heterocycles. The van der Waals surface area contributed by atoms with E-state index in [-0.39, 0.29) is 22.8 Å². The number of aromatic nitrogens is 1. The topological polar surface area (TPSA) is 80.6 Å². The Morgan fingerprint density at radius 1 is 1.03 bits per heavy atom. The first-order valence-electron chi connectivity index (χ1n) is 10.8. The van der Waals surface area contributed by atoms with Crippen LogP contribution in [0.2, 0.25) is 0 Å². The summed E-state index contributed by atoms with van der Waals surface area (Å²) in [6, 6.07) is 9.58. The summed E-state index contributed by atoms with van der Waals surface area (Å²) in [6.07, 6.45) is 1.50. The third kappa shape index (κ3) is 5.19. The molecule has 1 aliphatic heterocycles. The van der Waals surface area contributed by atoms with Gasteiger partial charge in [-0.15, -0.1) is 0 Å². The van der Waals surface area contributed by atoms with E-state index in [9.17, 15) is 13.2 Å². The van der Waals surface area contributed by atoms with Gasteiger partial charge in [-0.1, -0.05) is 52.0 Å². The van der Waals surface area contributed by atoms with Crippen molar-refractivity contribution < 1.29 is 17.9 Å². The predicted octanol–water partition coefficient (Wildman–Crippen LogP) is 3.30. The molecule has 2 aromatic rings. The van der Waals surface area contributed by atoms with Gasteiger partial charge in [0.1, 0.15) is 10.6 Å². The summed E-state index contributed by atoms with van der Waals surface area (Å²) < 4.78 is 34.1. The molecule has 0 spiro atoms. The normalized spacial score (nSPS) is 16.6. The highest BCUT2D eigenvalue weighted by Gasteiger charge is 2.29. The quantitative estimate of drug-likeness (QED) is 0.706. The van der Waals surface area contributed by atoms with Crippen molar-refractivity contribution in [3.8, 4) is 0 Å². The van der Waals surface area contributed by atoms with E-state index in [4.69, 9.17) is 4.74 Å². The molecule has 1 N–H and O–H groups in total. The summed E-state index contributed by atoms with van der Waals surface area (Å²) in [5.74, 6) is 0.319. The van der Waals surface area contributed by atoms with Crippen molar-refractivity contribution in [1.82, 2.24) is 14.2 Å². The zero-order chi connectivity index (χ0) is 22.8. The first kappa shape index (κ1) is 23.5. The van der Waals surface area contributed by atoms with E-state index in [2.05, 4.69) is 57.3 Å².